The first-order chi connectivity index (χ1) is 12.0. The quantitative estimate of drug-likeness (QED) is 0.874. The maximum atomic E-state index is 12.7. The molecule has 0 aliphatic heterocycles. The highest BCUT2D eigenvalue weighted by molar-refractivity contribution is 5.96. The van der Waals surface area contributed by atoms with E-state index in [4.69, 9.17) is 9.47 Å². The Kier molecular flexibility index (Phi) is 4.70. The summed E-state index contributed by atoms with van der Waals surface area (Å²) in [5, 5.41) is 7.52. The number of nitrogens with one attached hydrogen (secondary N) is 1. The number of carbonyl (C=O) groups excluding carboxylic acids is 1. The number of amides is 1. The summed E-state index contributed by atoms with van der Waals surface area (Å²) in [5.41, 5.74) is 3.70. The second kappa shape index (κ2) is 6.78. The largest absolute Gasteiger partial charge is 0.497 e. The molecule has 6 nitrogen and oxygen atoms in total. The van der Waals surface area contributed by atoms with Crippen molar-refractivity contribution in [3.05, 3.63) is 35.2 Å². The fraction of sp³-hybridized carbons (Fsp3) is 0.474. The second-order valence-electron chi connectivity index (χ2n) is 6.41. The molecule has 1 fully saturated rings. The molecule has 1 N–H and O–H groups in total. The third-order valence-corrected chi connectivity index (χ3v) is 4.89. The van der Waals surface area contributed by atoms with Gasteiger partial charge in [0.25, 0.3) is 0 Å². The van der Waals surface area contributed by atoms with Crippen molar-refractivity contribution < 1.29 is 14.3 Å². The lowest BCUT2D eigenvalue weighted by Gasteiger charge is -2.10. The summed E-state index contributed by atoms with van der Waals surface area (Å²) in [4.78, 5) is 12.7. The van der Waals surface area contributed by atoms with Gasteiger partial charge in [0, 0.05) is 23.9 Å². The Bertz CT molecular complexity index is 797. The van der Waals surface area contributed by atoms with Gasteiger partial charge in [0.2, 0.25) is 5.91 Å². The summed E-state index contributed by atoms with van der Waals surface area (Å²) in [6, 6.07) is 5.72. The molecular formula is C19H25N3O3. The first kappa shape index (κ1) is 17.3. The third-order valence-electron chi connectivity index (χ3n) is 4.89. The number of benzene rings is 1. The number of anilines is 1. The van der Waals surface area contributed by atoms with E-state index < -0.39 is 0 Å². The van der Waals surface area contributed by atoms with E-state index in [2.05, 4.69) is 10.4 Å². The van der Waals surface area contributed by atoms with E-state index in [9.17, 15) is 4.79 Å². The lowest BCUT2D eigenvalue weighted by Crippen LogP contribution is -2.16. The van der Waals surface area contributed by atoms with Crippen molar-refractivity contribution in [2.24, 2.45) is 5.92 Å². The second-order valence-corrected chi connectivity index (χ2v) is 6.41. The molecule has 2 atom stereocenters. The summed E-state index contributed by atoms with van der Waals surface area (Å²) in [7, 11) is 3.29. The van der Waals surface area contributed by atoms with E-state index in [0.29, 0.717) is 0 Å². The van der Waals surface area contributed by atoms with Crippen LogP contribution in [0.25, 0.3) is 0 Å². The van der Waals surface area contributed by atoms with Crippen molar-refractivity contribution in [1.29, 1.82) is 0 Å². The van der Waals surface area contributed by atoms with Crippen molar-refractivity contribution in [2.75, 3.05) is 19.5 Å². The molecule has 1 saturated carbocycles. The molecule has 134 valence electrons. The van der Waals surface area contributed by atoms with E-state index in [1.54, 1.807) is 14.2 Å². The van der Waals surface area contributed by atoms with Crippen LogP contribution in [-0.4, -0.2) is 29.9 Å². The number of ether oxygens (including phenoxy) is 2. The number of methoxy groups -OCH3 is 2. The summed E-state index contributed by atoms with van der Waals surface area (Å²) in [6.45, 7) is 6.73. The predicted octanol–water partition coefficient (Wildman–Crippen LogP) is 3.28. The van der Waals surface area contributed by atoms with Crippen molar-refractivity contribution in [3.8, 4) is 11.5 Å². The number of nitrogens with zero attached hydrogens (tertiary/aromatic N) is 2. The Balaban J connectivity index is 1.76. The molecule has 25 heavy (non-hydrogen) atoms. The maximum Gasteiger partial charge on any atom is 0.228 e. The monoisotopic (exact) mass is 343 g/mol. The Morgan fingerprint density at radius 3 is 2.68 bits per heavy atom. The molecule has 1 heterocycles. The molecule has 1 aromatic carbocycles. The van der Waals surface area contributed by atoms with E-state index in [-0.39, 0.29) is 17.7 Å². The molecule has 6 heteroatoms. The fourth-order valence-corrected chi connectivity index (χ4v) is 3.36. The van der Waals surface area contributed by atoms with Crippen LogP contribution in [0.1, 0.15) is 36.2 Å². The Morgan fingerprint density at radius 2 is 2.08 bits per heavy atom. The Hall–Kier alpha value is -2.50. The molecular weight excluding hydrogens is 318 g/mol. The molecule has 0 saturated heterocycles. The minimum absolute atomic E-state index is 0.0386. The lowest BCUT2D eigenvalue weighted by molar-refractivity contribution is -0.117. The topological polar surface area (TPSA) is 65.4 Å². The van der Waals surface area contributed by atoms with Crippen LogP contribution < -0.4 is 14.8 Å². The van der Waals surface area contributed by atoms with Gasteiger partial charge in [0.1, 0.15) is 11.5 Å². The van der Waals surface area contributed by atoms with Crippen molar-refractivity contribution in [1.82, 2.24) is 9.78 Å². The van der Waals surface area contributed by atoms with E-state index in [1.807, 2.05) is 43.7 Å². The molecule has 1 aliphatic carbocycles. The fourth-order valence-electron chi connectivity index (χ4n) is 3.36. The van der Waals surface area contributed by atoms with Gasteiger partial charge in [-0.15, -0.1) is 0 Å². The smallest absolute Gasteiger partial charge is 0.228 e. The highest BCUT2D eigenvalue weighted by Crippen LogP contribution is 2.51. The van der Waals surface area contributed by atoms with Crippen LogP contribution in [0.2, 0.25) is 0 Å². The highest BCUT2D eigenvalue weighted by Gasteiger charge is 2.45. The minimum atomic E-state index is -0.0511. The number of aryl methyl sites for hydroxylation is 2. The first-order valence-electron chi connectivity index (χ1n) is 8.56. The zero-order chi connectivity index (χ0) is 18.1. The Labute approximate surface area is 148 Å². The highest BCUT2D eigenvalue weighted by atomic mass is 16.5. The molecule has 3 rings (SSSR count). The summed E-state index contributed by atoms with van der Waals surface area (Å²) in [5.74, 6) is 1.72. The van der Waals surface area contributed by atoms with Gasteiger partial charge in [-0.1, -0.05) is 0 Å². The van der Waals surface area contributed by atoms with Gasteiger partial charge in [-0.05, 0) is 45.4 Å². The van der Waals surface area contributed by atoms with E-state index >= 15 is 0 Å². The van der Waals surface area contributed by atoms with Gasteiger partial charge in [0.15, 0.2) is 0 Å². The van der Waals surface area contributed by atoms with Gasteiger partial charge in [-0.2, -0.15) is 5.10 Å². The van der Waals surface area contributed by atoms with Gasteiger partial charge in [-0.25, -0.2) is 0 Å². The molecule has 0 bridgehead atoms. The van der Waals surface area contributed by atoms with Crippen molar-refractivity contribution in [3.63, 3.8) is 0 Å². The number of hydrogen-bond donors (Lipinski definition) is 1. The van der Waals surface area contributed by atoms with Crippen LogP contribution in [0.15, 0.2) is 18.2 Å². The lowest BCUT2D eigenvalue weighted by atomic mass is 10.1. The molecule has 2 aromatic rings. The molecule has 1 aromatic heterocycles. The van der Waals surface area contributed by atoms with Crippen LogP contribution in [0, 0.1) is 19.8 Å². The molecule has 1 amide bonds. The van der Waals surface area contributed by atoms with Gasteiger partial charge in [0.05, 0.1) is 31.3 Å². The summed E-state index contributed by atoms with van der Waals surface area (Å²) in [6.07, 6.45) is 0.815. The number of carbonyl (C=O) groups is 1. The van der Waals surface area contributed by atoms with Gasteiger partial charge in [-0.3, -0.25) is 9.48 Å². The normalized spacial score (nSPS) is 18.8. The standard InChI is InChI=1S/C19H25N3O3/c1-6-22-12(3)18(11(2)21-22)20-19(23)16-10-14(16)15-9-13(24-4)7-8-17(15)25-5/h7-9,14,16H,6,10H2,1-5H3,(H,20,23)/t14-,16+/m0/s1. The molecule has 0 unspecified atom stereocenters. The maximum absolute atomic E-state index is 12.7. The molecule has 0 radical (unpaired) electrons. The third kappa shape index (κ3) is 3.21. The van der Waals surface area contributed by atoms with Crippen LogP contribution in [0.3, 0.4) is 0 Å². The average Bonchev–Trinajstić information content (AvgIpc) is 3.38. The average molecular weight is 343 g/mol. The first-order valence-corrected chi connectivity index (χ1v) is 8.56. The van der Waals surface area contributed by atoms with Crippen LogP contribution in [-0.2, 0) is 11.3 Å². The zero-order valence-electron chi connectivity index (χ0n) is 15.4. The van der Waals surface area contributed by atoms with E-state index in [1.165, 1.54) is 0 Å². The van der Waals surface area contributed by atoms with Crippen LogP contribution in [0.5, 0.6) is 11.5 Å². The SMILES string of the molecule is CCn1nc(C)c(NC(=O)[C@@H]2C[C@H]2c2cc(OC)ccc2OC)c1C. The van der Waals surface area contributed by atoms with Gasteiger partial charge < -0.3 is 14.8 Å². The number of rotatable bonds is 6. The van der Waals surface area contributed by atoms with Crippen molar-refractivity contribution in [2.45, 2.75) is 39.7 Å². The Morgan fingerprint density at radius 1 is 1.32 bits per heavy atom. The number of aromatic nitrogens is 2. The zero-order valence-corrected chi connectivity index (χ0v) is 15.4. The summed E-state index contributed by atoms with van der Waals surface area (Å²) >= 11 is 0. The van der Waals surface area contributed by atoms with Gasteiger partial charge >= 0.3 is 0 Å². The van der Waals surface area contributed by atoms with Crippen molar-refractivity contribution >= 4 is 11.6 Å². The van der Waals surface area contributed by atoms with Crippen LogP contribution in [0.4, 0.5) is 5.69 Å². The van der Waals surface area contributed by atoms with Crippen LogP contribution >= 0.6 is 0 Å². The number of hydrogen-bond acceptors (Lipinski definition) is 4. The molecule has 1 aliphatic rings. The summed E-state index contributed by atoms with van der Waals surface area (Å²) < 4.78 is 12.7. The van der Waals surface area contributed by atoms with E-state index in [0.717, 1.165) is 47.1 Å². The molecule has 0 spiro atoms. The predicted molar refractivity (Wildman–Crippen MR) is 96.4 cm³/mol. The minimum Gasteiger partial charge on any atom is -0.497 e.